The van der Waals surface area contributed by atoms with E-state index in [2.05, 4.69) is 5.32 Å². The highest BCUT2D eigenvalue weighted by molar-refractivity contribution is 5.23. The SMILES string of the molecule is C[C@@H](NC(c1ccccc1)C(F)(F)F)c1cccc(F)c1. The maximum absolute atomic E-state index is 13.2. The van der Waals surface area contributed by atoms with Gasteiger partial charge in [-0.1, -0.05) is 42.5 Å². The van der Waals surface area contributed by atoms with Gasteiger partial charge >= 0.3 is 6.18 Å². The maximum Gasteiger partial charge on any atom is 0.407 e. The van der Waals surface area contributed by atoms with E-state index in [-0.39, 0.29) is 5.56 Å². The van der Waals surface area contributed by atoms with Crippen LogP contribution in [0.2, 0.25) is 0 Å². The van der Waals surface area contributed by atoms with E-state index >= 15 is 0 Å². The molecule has 1 nitrogen and oxygen atoms in total. The van der Waals surface area contributed by atoms with Crippen molar-refractivity contribution in [3.63, 3.8) is 0 Å². The van der Waals surface area contributed by atoms with Crippen molar-refractivity contribution in [2.45, 2.75) is 25.2 Å². The third kappa shape index (κ3) is 4.04. The molecule has 0 saturated heterocycles. The normalized spacial score (nSPS) is 14.7. The summed E-state index contributed by atoms with van der Waals surface area (Å²) in [7, 11) is 0. The second-order valence-electron chi connectivity index (χ2n) is 4.83. The van der Waals surface area contributed by atoms with Crippen molar-refractivity contribution in [1.82, 2.24) is 5.32 Å². The van der Waals surface area contributed by atoms with Gasteiger partial charge in [0, 0.05) is 6.04 Å². The molecule has 0 aliphatic heterocycles. The van der Waals surface area contributed by atoms with Gasteiger partial charge in [-0.15, -0.1) is 0 Å². The molecule has 0 fully saturated rings. The van der Waals surface area contributed by atoms with Crippen LogP contribution in [-0.4, -0.2) is 6.18 Å². The van der Waals surface area contributed by atoms with Crippen LogP contribution in [-0.2, 0) is 0 Å². The predicted octanol–water partition coefficient (Wildman–Crippen LogP) is 4.78. The zero-order valence-electron chi connectivity index (χ0n) is 11.4. The molecule has 0 bridgehead atoms. The minimum Gasteiger partial charge on any atom is -0.296 e. The Kier molecular flexibility index (Phi) is 4.63. The molecule has 1 unspecified atom stereocenters. The Hall–Kier alpha value is -1.88. The van der Waals surface area contributed by atoms with E-state index in [0.29, 0.717) is 5.56 Å². The van der Waals surface area contributed by atoms with Crippen LogP contribution in [0.5, 0.6) is 0 Å². The number of nitrogens with one attached hydrogen (secondary N) is 1. The van der Waals surface area contributed by atoms with E-state index in [1.54, 1.807) is 31.2 Å². The number of hydrogen-bond donors (Lipinski definition) is 1. The lowest BCUT2D eigenvalue weighted by molar-refractivity contribution is -0.159. The molecule has 0 spiro atoms. The van der Waals surface area contributed by atoms with Gasteiger partial charge in [-0.05, 0) is 30.2 Å². The Morgan fingerprint density at radius 3 is 2.10 bits per heavy atom. The molecule has 0 aromatic heterocycles. The second kappa shape index (κ2) is 6.26. The Bertz CT molecular complexity index is 580. The van der Waals surface area contributed by atoms with Gasteiger partial charge in [-0.25, -0.2) is 4.39 Å². The molecule has 2 rings (SSSR count). The van der Waals surface area contributed by atoms with Crippen LogP contribution in [0.3, 0.4) is 0 Å². The van der Waals surface area contributed by atoms with E-state index < -0.39 is 24.1 Å². The summed E-state index contributed by atoms with van der Waals surface area (Å²) in [6, 6.07) is 10.8. The van der Waals surface area contributed by atoms with Crippen molar-refractivity contribution in [2.24, 2.45) is 0 Å². The maximum atomic E-state index is 13.2. The minimum absolute atomic E-state index is 0.133. The van der Waals surface area contributed by atoms with Crippen LogP contribution >= 0.6 is 0 Å². The summed E-state index contributed by atoms with van der Waals surface area (Å²) in [5.41, 5.74) is 0.605. The molecule has 21 heavy (non-hydrogen) atoms. The van der Waals surface area contributed by atoms with E-state index in [9.17, 15) is 17.6 Å². The van der Waals surface area contributed by atoms with Gasteiger partial charge in [0.25, 0.3) is 0 Å². The molecule has 112 valence electrons. The molecule has 2 aromatic carbocycles. The van der Waals surface area contributed by atoms with Crippen LogP contribution in [0.25, 0.3) is 0 Å². The number of hydrogen-bond acceptors (Lipinski definition) is 1. The third-order valence-electron chi connectivity index (χ3n) is 3.23. The first-order valence-corrected chi connectivity index (χ1v) is 6.51. The van der Waals surface area contributed by atoms with Gasteiger partial charge in [-0.2, -0.15) is 13.2 Å². The summed E-state index contributed by atoms with van der Waals surface area (Å²) in [5.74, 6) is -0.468. The Morgan fingerprint density at radius 1 is 0.905 bits per heavy atom. The fourth-order valence-electron chi connectivity index (χ4n) is 2.15. The lowest BCUT2D eigenvalue weighted by Gasteiger charge is -2.26. The Balaban J connectivity index is 2.24. The van der Waals surface area contributed by atoms with E-state index in [1.807, 2.05) is 0 Å². The summed E-state index contributed by atoms with van der Waals surface area (Å²) < 4.78 is 52.8. The van der Waals surface area contributed by atoms with Gasteiger partial charge in [0.05, 0.1) is 0 Å². The van der Waals surface area contributed by atoms with Crippen molar-refractivity contribution in [3.8, 4) is 0 Å². The molecule has 0 amide bonds. The quantitative estimate of drug-likeness (QED) is 0.801. The molecular formula is C16H15F4N. The first kappa shape index (κ1) is 15.5. The summed E-state index contributed by atoms with van der Waals surface area (Å²) in [6.07, 6.45) is -4.43. The molecule has 0 aliphatic rings. The summed E-state index contributed by atoms with van der Waals surface area (Å²) in [6.45, 7) is 1.58. The summed E-state index contributed by atoms with van der Waals surface area (Å²) >= 11 is 0. The molecule has 2 atom stereocenters. The van der Waals surface area contributed by atoms with Crippen LogP contribution in [0.4, 0.5) is 17.6 Å². The number of benzene rings is 2. The van der Waals surface area contributed by atoms with Gasteiger partial charge in [-0.3, -0.25) is 5.32 Å². The summed E-state index contributed by atoms with van der Waals surface area (Å²) in [5, 5.41) is 2.53. The average molecular weight is 297 g/mol. The topological polar surface area (TPSA) is 12.0 Å². The predicted molar refractivity (Wildman–Crippen MR) is 73.2 cm³/mol. The molecule has 5 heteroatoms. The first-order chi connectivity index (χ1) is 9.88. The van der Waals surface area contributed by atoms with Crippen LogP contribution < -0.4 is 5.32 Å². The van der Waals surface area contributed by atoms with Crippen molar-refractivity contribution in [2.75, 3.05) is 0 Å². The van der Waals surface area contributed by atoms with Crippen molar-refractivity contribution < 1.29 is 17.6 Å². The average Bonchev–Trinajstić information content (AvgIpc) is 2.44. The molecule has 0 saturated carbocycles. The van der Waals surface area contributed by atoms with Crippen molar-refractivity contribution >= 4 is 0 Å². The summed E-state index contributed by atoms with van der Waals surface area (Å²) in [4.78, 5) is 0. The molecule has 1 N–H and O–H groups in total. The zero-order valence-corrected chi connectivity index (χ0v) is 11.4. The minimum atomic E-state index is -4.43. The van der Waals surface area contributed by atoms with E-state index in [4.69, 9.17) is 0 Å². The molecule has 2 aromatic rings. The molecule has 0 heterocycles. The molecule has 0 aliphatic carbocycles. The Labute approximate surface area is 120 Å². The van der Waals surface area contributed by atoms with Crippen LogP contribution in [0, 0.1) is 5.82 Å². The number of alkyl halides is 3. The highest BCUT2D eigenvalue weighted by atomic mass is 19.4. The van der Waals surface area contributed by atoms with Gasteiger partial charge in [0.15, 0.2) is 0 Å². The Morgan fingerprint density at radius 2 is 1.52 bits per heavy atom. The largest absolute Gasteiger partial charge is 0.407 e. The van der Waals surface area contributed by atoms with Gasteiger partial charge in [0.1, 0.15) is 11.9 Å². The van der Waals surface area contributed by atoms with Crippen molar-refractivity contribution in [3.05, 3.63) is 71.5 Å². The fraction of sp³-hybridized carbons (Fsp3) is 0.250. The van der Waals surface area contributed by atoms with Gasteiger partial charge in [0.2, 0.25) is 0 Å². The fourth-order valence-corrected chi connectivity index (χ4v) is 2.15. The number of rotatable bonds is 4. The lowest BCUT2D eigenvalue weighted by atomic mass is 10.0. The second-order valence-corrected chi connectivity index (χ2v) is 4.83. The van der Waals surface area contributed by atoms with Crippen LogP contribution in [0.15, 0.2) is 54.6 Å². The highest BCUT2D eigenvalue weighted by Gasteiger charge is 2.41. The van der Waals surface area contributed by atoms with E-state index in [0.717, 1.165) is 0 Å². The highest BCUT2D eigenvalue weighted by Crippen LogP contribution is 2.34. The zero-order chi connectivity index (χ0) is 15.5. The van der Waals surface area contributed by atoms with Crippen molar-refractivity contribution in [1.29, 1.82) is 0 Å². The molecule has 0 radical (unpaired) electrons. The number of halogens is 4. The first-order valence-electron chi connectivity index (χ1n) is 6.51. The monoisotopic (exact) mass is 297 g/mol. The van der Waals surface area contributed by atoms with Gasteiger partial charge < -0.3 is 0 Å². The van der Waals surface area contributed by atoms with Crippen LogP contribution in [0.1, 0.15) is 30.1 Å². The smallest absolute Gasteiger partial charge is 0.296 e. The molecular weight excluding hydrogens is 282 g/mol. The third-order valence-corrected chi connectivity index (χ3v) is 3.23. The standard InChI is InChI=1S/C16H15F4N/c1-11(13-8-5-9-14(17)10-13)21-15(16(18,19)20)12-6-3-2-4-7-12/h2-11,15,21H,1H3/t11-,15?/m1/s1. The lowest BCUT2D eigenvalue weighted by Crippen LogP contribution is -2.35. The van der Waals surface area contributed by atoms with E-state index in [1.165, 1.54) is 30.3 Å².